The molecule has 1 saturated heterocycles. The Labute approximate surface area is 221 Å². The molecule has 2 aliphatic heterocycles. The molecular weight excluding hydrogens is 486 g/mol. The molecule has 37 heavy (non-hydrogen) atoms. The molecule has 4 rings (SSSR count). The molecule has 2 aromatic carbocycles. The SMILES string of the molecule is COC(=O)[C@@]1(CSc2ccccc2)C(=O)N2C=CC(C(C)C)=C(C#N)[C@@]2(C#N)[C@@H]1c1cccc(OC)c1. The number of hydrogen-bond acceptors (Lipinski definition) is 7. The minimum atomic E-state index is -1.80. The van der Waals surface area contributed by atoms with Gasteiger partial charge >= 0.3 is 5.97 Å². The van der Waals surface area contributed by atoms with Crippen molar-refractivity contribution in [2.45, 2.75) is 30.2 Å². The van der Waals surface area contributed by atoms with Crippen LogP contribution in [0.1, 0.15) is 25.3 Å². The predicted molar refractivity (Wildman–Crippen MR) is 139 cm³/mol. The molecule has 0 spiro atoms. The van der Waals surface area contributed by atoms with Gasteiger partial charge < -0.3 is 9.47 Å². The zero-order valence-corrected chi connectivity index (χ0v) is 21.9. The molecule has 0 radical (unpaired) electrons. The standard InChI is InChI=1S/C29H27N3O4S/c1-19(2)23-13-14-32-26(33)28(27(34)36-4,18-37-22-11-6-5-7-12-22)25(29(32,17-31)24(23)16-30)20-9-8-10-21(15-20)35-3/h5-15,19,25H,18H2,1-4H3/t25-,28-,29+/m1/s1. The van der Waals surface area contributed by atoms with Crippen molar-refractivity contribution >= 4 is 23.6 Å². The second-order valence-corrected chi connectivity index (χ2v) is 10.3. The van der Waals surface area contributed by atoms with Gasteiger partial charge in [-0.05, 0) is 47.4 Å². The quantitative estimate of drug-likeness (QED) is 0.296. The van der Waals surface area contributed by atoms with Gasteiger partial charge in [0, 0.05) is 16.8 Å². The lowest BCUT2D eigenvalue weighted by Crippen LogP contribution is -2.49. The molecule has 2 heterocycles. The maximum Gasteiger partial charge on any atom is 0.323 e. The van der Waals surface area contributed by atoms with Gasteiger partial charge in [-0.2, -0.15) is 10.5 Å². The number of methoxy groups -OCH3 is 2. The maximum atomic E-state index is 14.4. The monoisotopic (exact) mass is 513 g/mol. The normalized spacial score (nSPS) is 24.5. The number of allylic oxidation sites excluding steroid dienone is 2. The number of nitrogens with zero attached hydrogens (tertiary/aromatic N) is 3. The first-order valence-corrected chi connectivity index (χ1v) is 12.8. The van der Waals surface area contributed by atoms with E-state index < -0.39 is 28.7 Å². The van der Waals surface area contributed by atoms with Crippen LogP contribution in [0.2, 0.25) is 0 Å². The predicted octanol–water partition coefficient (Wildman–Crippen LogP) is 4.84. The Morgan fingerprint density at radius 3 is 2.46 bits per heavy atom. The average molecular weight is 514 g/mol. The molecule has 0 N–H and O–H groups in total. The van der Waals surface area contributed by atoms with Crippen LogP contribution < -0.4 is 4.74 Å². The van der Waals surface area contributed by atoms with Gasteiger partial charge in [-0.15, -0.1) is 11.8 Å². The van der Waals surface area contributed by atoms with Crippen molar-refractivity contribution in [3.8, 4) is 17.9 Å². The van der Waals surface area contributed by atoms with E-state index in [4.69, 9.17) is 9.47 Å². The number of thioether (sulfide) groups is 1. The van der Waals surface area contributed by atoms with E-state index in [1.165, 1.54) is 37.1 Å². The van der Waals surface area contributed by atoms with E-state index in [9.17, 15) is 20.1 Å². The van der Waals surface area contributed by atoms with Gasteiger partial charge in [-0.25, -0.2) is 0 Å². The van der Waals surface area contributed by atoms with Crippen molar-refractivity contribution in [3.63, 3.8) is 0 Å². The Morgan fingerprint density at radius 2 is 1.86 bits per heavy atom. The molecule has 1 amide bonds. The fourth-order valence-corrected chi connectivity index (χ4v) is 6.51. The Morgan fingerprint density at radius 1 is 1.14 bits per heavy atom. The minimum absolute atomic E-state index is 0.00782. The molecule has 8 heteroatoms. The number of amides is 1. The molecule has 7 nitrogen and oxygen atoms in total. The summed E-state index contributed by atoms with van der Waals surface area (Å²) in [5.41, 5.74) is -2.21. The summed E-state index contributed by atoms with van der Waals surface area (Å²) in [5.74, 6) is -1.97. The molecule has 0 aromatic heterocycles. The lowest BCUT2D eigenvalue weighted by Gasteiger charge is -2.39. The van der Waals surface area contributed by atoms with Crippen LogP contribution in [0, 0.1) is 34.0 Å². The lowest BCUT2D eigenvalue weighted by atomic mass is 9.64. The first-order chi connectivity index (χ1) is 17.8. The van der Waals surface area contributed by atoms with E-state index in [-0.39, 0.29) is 17.2 Å². The highest BCUT2D eigenvalue weighted by Crippen LogP contribution is 2.60. The van der Waals surface area contributed by atoms with E-state index in [1.807, 2.05) is 44.2 Å². The van der Waals surface area contributed by atoms with Crippen LogP contribution in [-0.2, 0) is 14.3 Å². The third-order valence-electron chi connectivity index (χ3n) is 7.05. The average Bonchev–Trinajstić information content (AvgIpc) is 3.16. The number of benzene rings is 2. The summed E-state index contributed by atoms with van der Waals surface area (Å²) in [6.07, 6.45) is 3.23. The van der Waals surface area contributed by atoms with E-state index in [0.717, 1.165) is 4.90 Å². The fourth-order valence-electron chi connectivity index (χ4n) is 5.36. The van der Waals surface area contributed by atoms with Gasteiger partial charge in [0.05, 0.1) is 37.8 Å². The number of nitriles is 2. The number of esters is 1. The number of carbonyl (C=O) groups excluding carboxylic acids is 2. The molecule has 2 aromatic rings. The Hall–Kier alpha value is -4.01. The highest BCUT2D eigenvalue weighted by Gasteiger charge is 2.73. The zero-order valence-electron chi connectivity index (χ0n) is 21.1. The third-order valence-corrected chi connectivity index (χ3v) is 8.26. The highest BCUT2D eigenvalue weighted by molar-refractivity contribution is 7.99. The number of fused-ring (bicyclic) bond motifs is 1. The van der Waals surface area contributed by atoms with Gasteiger partial charge in [0.15, 0.2) is 11.0 Å². The number of carbonyl (C=O) groups is 2. The van der Waals surface area contributed by atoms with Crippen LogP contribution in [0.4, 0.5) is 0 Å². The molecule has 0 unspecified atom stereocenters. The molecule has 3 atom stereocenters. The van der Waals surface area contributed by atoms with E-state index in [0.29, 0.717) is 16.9 Å². The number of ether oxygens (including phenoxy) is 2. The van der Waals surface area contributed by atoms with Crippen molar-refractivity contribution in [1.82, 2.24) is 4.90 Å². The van der Waals surface area contributed by atoms with Crippen LogP contribution in [-0.4, -0.2) is 42.3 Å². The van der Waals surface area contributed by atoms with Crippen molar-refractivity contribution in [3.05, 3.63) is 83.6 Å². The molecule has 0 bridgehead atoms. The summed E-state index contributed by atoms with van der Waals surface area (Å²) in [6.45, 7) is 3.85. The minimum Gasteiger partial charge on any atom is -0.497 e. The van der Waals surface area contributed by atoms with Crippen molar-refractivity contribution in [2.24, 2.45) is 11.3 Å². The number of hydrogen-bond donors (Lipinski definition) is 0. The topological polar surface area (TPSA) is 103 Å². The lowest BCUT2D eigenvalue weighted by molar-refractivity contribution is -0.157. The van der Waals surface area contributed by atoms with E-state index in [1.54, 1.807) is 30.3 Å². The van der Waals surface area contributed by atoms with Crippen molar-refractivity contribution < 1.29 is 19.1 Å². The summed E-state index contributed by atoms with van der Waals surface area (Å²) in [7, 11) is 2.75. The van der Waals surface area contributed by atoms with Gasteiger partial charge in [-0.1, -0.05) is 44.2 Å². The fraction of sp³-hybridized carbons (Fsp3) is 0.310. The smallest absolute Gasteiger partial charge is 0.323 e. The summed E-state index contributed by atoms with van der Waals surface area (Å²) in [4.78, 5) is 30.3. The summed E-state index contributed by atoms with van der Waals surface area (Å²) >= 11 is 1.33. The van der Waals surface area contributed by atoms with Gasteiger partial charge in [0.2, 0.25) is 5.91 Å². The van der Waals surface area contributed by atoms with Crippen molar-refractivity contribution in [2.75, 3.05) is 20.0 Å². The summed E-state index contributed by atoms with van der Waals surface area (Å²) in [5, 5.41) is 21.3. The molecule has 1 fully saturated rings. The van der Waals surface area contributed by atoms with Gasteiger partial charge in [0.25, 0.3) is 0 Å². The zero-order chi connectivity index (χ0) is 26.8. The Kier molecular flexibility index (Phi) is 7.16. The van der Waals surface area contributed by atoms with Crippen molar-refractivity contribution in [1.29, 1.82) is 10.5 Å². The largest absolute Gasteiger partial charge is 0.497 e. The van der Waals surface area contributed by atoms with E-state index >= 15 is 0 Å². The van der Waals surface area contributed by atoms with Crippen LogP contribution in [0.15, 0.2) is 82.9 Å². The Bertz CT molecular complexity index is 1370. The summed E-state index contributed by atoms with van der Waals surface area (Å²) < 4.78 is 10.7. The molecule has 0 aliphatic carbocycles. The van der Waals surface area contributed by atoms with E-state index in [2.05, 4.69) is 12.1 Å². The Balaban J connectivity index is 2.06. The first kappa shape index (κ1) is 26.1. The van der Waals surface area contributed by atoms with Crippen LogP contribution in [0.3, 0.4) is 0 Å². The van der Waals surface area contributed by atoms with Gasteiger partial charge in [0.1, 0.15) is 5.75 Å². The van der Waals surface area contributed by atoms with Crippen LogP contribution >= 0.6 is 11.8 Å². The molecule has 188 valence electrons. The second kappa shape index (κ2) is 10.2. The van der Waals surface area contributed by atoms with Crippen LogP contribution in [0.25, 0.3) is 0 Å². The highest BCUT2D eigenvalue weighted by atomic mass is 32.2. The molecular formula is C29H27N3O4S. The molecule has 0 saturated carbocycles. The molecule has 2 aliphatic rings. The van der Waals surface area contributed by atoms with Crippen LogP contribution in [0.5, 0.6) is 5.75 Å². The summed E-state index contributed by atoms with van der Waals surface area (Å²) in [6, 6.07) is 20.9. The third kappa shape index (κ3) is 3.89. The second-order valence-electron chi connectivity index (χ2n) is 9.24. The maximum absolute atomic E-state index is 14.4. The van der Waals surface area contributed by atoms with Gasteiger partial charge in [-0.3, -0.25) is 14.5 Å². The number of rotatable bonds is 7. The first-order valence-electron chi connectivity index (χ1n) is 11.8.